The second-order valence-corrected chi connectivity index (χ2v) is 6.11. The van der Waals surface area contributed by atoms with Crippen LogP contribution in [0, 0.1) is 0 Å². The summed E-state index contributed by atoms with van der Waals surface area (Å²) in [4.78, 5) is 28.6. The normalized spacial score (nSPS) is 17.7. The number of rotatable bonds is 6. The average molecular weight is 333 g/mol. The largest absolute Gasteiger partial charge is 0.326 e. The van der Waals surface area contributed by atoms with Gasteiger partial charge < -0.3 is 10.2 Å². The van der Waals surface area contributed by atoms with Crippen LogP contribution < -0.4 is 10.2 Å². The van der Waals surface area contributed by atoms with Crippen molar-refractivity contribution in [2.75, 3.05) is 24.5 Å². The van der Waals surface area contributed by atoms with Gasteiger partial charge >= 0.3 is 6.03 Å². The van der Waals surface area contributed by atoms with Crippen LogP contribution in [0.4, 0.5) is 10.6 Å². The molecule has 1 aromatic heterocycles. The summed E-state index contributed by atoms with van der Waals surface area (Å²) in [5.74, 6) is 0.715. The maximum atomic E-state index is 12.8. The van der Waals surface area contributed by atoms with E-state index in [1.807, 2.05) is 26.8 Å². The number of piperidine rings is 1. The Labute approximate surface area is 143 Å². The zero-order valence-corrected chi connectivity index (χ0v) is 14.8. The lowest BCUT2D eigenvalue weighted by atomic mass is 10.0. The van der Waals surface area contributed by atoms with Crippen molar-refractivity contribution in [3.63, 3.8) is 0 Å². The van der Waals surface area contributed by atoms with Crippen molar-refractivity contribution in [3.05, 3.63) is 24.4 Å². The van der Waals surface area contributed by atoms with Crippen molar-refractivity contribution in [1.82, 2.24) is 20.0 Å². The zero-order valence-electron chi connectivity index (χ0n) is 14.8. The van der Waals surface area contributed by atoms with E-state index in [1.54, 1.807) is 20.7 Å². The van der Waals surface area contributed by atoms with Gasteiger partial charge in [-0.25, -0.2) is 9.48 Å². The Morgan fingerprint density at radius 1 is 1.50 bits per heavy atom. The van der Waals surface area contributed by atoms with Gasteiger partial charge in [0.15, 0.2) is 0 Å². The number of nitrogens with one attached hydrogen (secondary N) is 1. The highest BCUT2D eigenvalue weighted by molar-refractivity contribution is 5.99. The van der Waals surface area contributed by atoms with Crippen LogP contribution >= 0.6 is 0 Å². The number of aryl methyl sites for hydroxylation is 1. The molecule has 0 bridgehead atoms. The Balaban J connectivity index is 2.07. The quantitative estimate of drug-likeness (QED) is 0.810. The van der Waals surface area contributed by atoms with Crippen molar-refractivity contribution >= 4 is 17.8 Å². The standard InChI is InChI=1S/C17H27N5O2/c1-5-20(12-13(3)4)17(24)19-14-8-7-11-21(16(14)23)15-9-10-18-22(15)6-2/h9-10,14H,3,5-8,11-12H2,1-2,4H3,(H,19,24). The van der Waals surface area contributed by atoms with E-state index in [4.69, 9.17) is 0 Å². The maximum absolute atomic E-state index is 12.8. The van der Waals surface area contributed by atoms with Crippen LogP contribution in [0.15, 0.2) is 24.4 Å². The number of hydrogen-bond acceptors (Lipinski definition) is 3. The maximum Gasteiger partial charge on any atom is 0.318 e. The Morgan fingerprint density at radius 2 is 2.25 bits per heavy atom. The molecule has 0 radical (unpaired) electrons. The smallest absolute Gasteiger partial charge is 0.318 e. The van der Waals surface area contributed by atoms with Crippen LogP contribution in [0.5, 0.6) is 0 Å². The predicted molar refractivity (Wildman–Crippen MR) is 93.9 cm³/mol. The fourth-order valence-electron chi connectivity index (χ4n) is 2.93. The van der Waals surface area contributed by atoms with E-state index in [1.165, 1.54) is 0 Å². The van der Waals surface area contributed by atoms with Gasteiger partial charge in [-0.05, 0) is 33.6 Å². The molecular weight excluding hydrogens is 306 g/mol. The number of carbonyl (C=O) groups excluding carboxylic acids is 2. The summed E-state index contributed by atoms with van der Waals surface area (Å²) < 4.78 is 1.79. The highest BCUT2D eigenvalue weighted by Crippen LogP contribution is 2.21. The molecule has 7 nitrogen and oxygen atoms in total. The lowest BCUT2D eigenvalue weighted by molar-refractivity contribution is -0.121. The summed E-state index contributed by atoms with van der Waals surface area (Å²) >= 11 is 0. The molecule has 0 aliphatic carbocycles. The van der Waals surface area contributed by atoms with Gasteiger partial charge in [-0.1, -0.05) is 12.2 Å². The van der Waals surface area contributed by atoms with Gasteiger partial charge in [0.25, 0.3) is 5.91 Å². The second kappa shape index (κ2) is 7.99. The molecule has 1 atom stereocenters. The van der Waals surface area contributed by atoms with Gasteiger partial charge in [0.05, 0.1) is 6.20 Å². The Kier molecular flexibility index (Phi) is 6.00. The number of carbonyl (C=O) groups is 2. The average Bonchev–Trinajstić information content (AvgIpc) is 3.02. The number of anilines is 1. The van der Waals surface area contributed by atoms with Crippen molar-refractivity contribution in [2.24, 2.45) is 0 Å². The summed E-state index contributed by atoms with van der Waals surface area (Å²) in [6.45, 7) is 12.1. The fraction of sp³-hybridized carbons (Fsp3) is 0.588. The highest BCUT2D eigenvalue weighted by Gasteiger charge is 2.32. The topological polar surface area (TPSA) is 70.5 Å². The Morgan fingerprint density at radius 3 is 2.88 bits per heavy atom. The van der Waals surface area contributed by atoms with Crippen molar-refractivity contribution < 1.29 is 9.59 Å². The van der Waals surface area contributed by atoms with Crippen LogP contribution in [0.2, 0.25) is 0 Å². The van der Waals surface area contributed by atoms with E-state index in [9.17, 15) is 9.59 Å². The Bertz CT molecular complexity index is 610. The molecule has 7 heteroatoms. The molecule has 1 aliphatic rings. The second-order valence-electron chi connectivity index (χ2n) is 6.11. The van der Waals surface area contributed by atoms with Crippen LogP contribution in [-0.2, 0) is 11.3 Å². The third-order valence-corrected chi connectivity index (χ3v) is 4.14. The monoisotopic (exact) mass is 333 g/mol. The molecule has 1 unspecified atom stereocenters. The third-order valence-electron chi connectivity index (χ3n) is 4.14. The number of nitrogens with zero attached hydrogens (tertiary/aromatic N) is 4. The highest BCUT2D eigenvalue weighted by atomic mass is 16.2. The molecule has 132 valence electrons. The molecule has 1 fully saturated rings. The molecular formula is C17H27N5O2. The van der Waals surface area contributed by atoms with Gasteiger partial charge in [0.2, 0.25) is 0 Å². The minimum atomic E-state index is -0.495. The molecule has 1 N–H and O–H groups in total. The van der Waals surface area contributed by atoms with E-state index in [2.05, 4.69) is 17.0 Å². The third kappa shape index (κ3) is 3.96. The van der Waals surface area contributed by atoms with Gasteiger partial charge in [0.1, 0.15) is 11.9 Å². The molecule has 1 aliphatic heterocycles. The van der Waals surface area contributed by atoms with E-state index >= 15 is 0 Å². The van der Waals surface area contributed by atoms with Gasteiger partial charge in [-0.15, -0.1) is 0 Å². The first-order valence-corrected chi connectivity index (χ1v) is 8.50. The Hall–Kier alpha value is -2.31. The summed E-state index contributed by atoms with van der Waals surface area (Å²) in [5, 5.41) is 7.10. The van der Waals surface area contributed by atoms with Crippen molar-refractivity contribution in [2.45, 2.75) is 46.2 Å². The number of hydrogen-bond donors (Lipinski definition) is 1. The molecule has 24 heavy (non-hydrogen) atoms. The molecule has 2 heterocycles. The number of likely N-dealkylation sites (N-methyl/N-ethyl adjacent to an activating group) is 1. The molecule has 2 rings (SSSR count). The number of amides is 3. The van der Waals surface area contributed by atoms with E-state index in [0.717, 1.165) is 17.8 Å². The fourth-order valence-corrected chi connectivity index (χ4v) is 2.93. The van der Waals surface area contributed by atoms with Crippen LogP contribution in [-0.4, -0.2) is 52.3 Å². The summed E-state index contributed by atoms with van der Waals surface area (Å²) in [7, 11) is 0. The summed E-state index contributed by atoms with van der Waals surface area (Å²) in [6, 6.07) is 1.13. The van der Waals surface area contributed by atoms with Crippen molar-refractivity contribution in [1.29, 1.82) is 0 Å². The predicted octanol–water partition coefficient (Wildman–Crippen LogP) is 2.01. The van der Waals surface area contributed by atoms with Crippen LogP contribution in [0.25, 0.3) is 0 Å². The van der Waals surface area contributed by atoms with Gasteiger partial charge in [-0.3, -0.25) is 9.69 Å². The first-order chi connectivity index (χ1) is 11.5. The molecule has 0 saturated carbocycles. The summed E-state index contributed by atoms with van der Waals surface area (Å²) in [6.07, 6.45) is 3.20. The summed E-state index contributed by atoms with van der Waals surface area (Å²) in [5.41, 5.74) is 0.912. The van der Waals surface area contributed by atoms with Gasteiger partial charge in [0, 0.05) is 32.2 Å². The number of urea groups is 1. The van der Waals surface area contributed by atoms with Crippen LogP contribution in [0.1, 0.15) is 33.6 Å². The molecule has 0 aromatic carbocycles. The first kappa shape index (κ1) is 18.0. The minimum Gasteiger partial charge on any atom is -0.326 e. The molecule has 1 saturated heterocycles. The van der Waals surface area contributed by atoms with Gasteiger partial charge in [-0.2, -0.15) is 5.10 Å². The molecule has 1 aromatic rings. The first-order valence-electron chi connectivity index (χ1n) is 8.50. The molecule has 0 spiro atoms. The van der Waals surface area contributed by atoms with E-state index in [-0.39, 0.29) is 11.9 Å². The number of aromatic nitrogens is 2. The SMILES string of the molecule is C=C(C)CN(CC)C(=O)NC1CCCN(c2ccnn2CC)C1=O. The zero-order chi connectivity index (χ0) is 17.7. The lowest BCUT2D eigenvalue weighted by Crippen LogP contribution is -2.55. The van der Waals surface area contributed by atoms with Crippen LogP contribution in [0.3, 0.4) is 0 Å². The van der Waals surface area contributed by atoms with E-state index in [0.29, 0.717) is 32.6 Å². The van der Waals surface area contributed by atoms with Crippen molar-refractivity contribution in [3.8, 4) is 0 Å². The minimum absolute atomic E-state index is 0.0730. The molecule has 3 amide bonds. The lowest BCUT2D eigenvalue weighted by Gasteiger charge is -2.33. The van der Waals surface area contributed by atoms with E-state index < -0.39 is 6.04 Å².